The molecule has 1 unspecified atom stereocenters. The molecular weight excluding hydrogens is 618 g/mol. The monoisotopic (exact) mass is 664 g/mol. The van der Waals surface area contributed by atoms with E-state index in [0.29, 0.717) is 12.0 Å². The summed E-state index contributed by atoms with van der Waals surface area (Å²) in [5.74, 6) is -12.7. The second-order valence-electron chi connectivity index (χ2n) is 13.2. The molecule has 0 radical (unpaired) electrons. The number of carbonyl (C=O) groups is 6. The molecular formula is C33H46F2N4O8. The van der Waals surface area contributed by atoms with Crippen LogP contribution in [-0.2, 0) is 35.2 Å². The maximum Gasteiger partial charge on any atom is 0.326 e. The van der Waals surface area contributed by atoms with Crippen LogP contribution in [0.4, 0.5) is 8.78 Å². The van der Waals surface area contributed by atoms with Gasteiger partial charge in [-0.2, -0.15) is 0 Å². The number of ketones is 1. The maximum atomic E-state index is 15.0. The minimum atomic E-state index is -3.16. The Morgan fingerprint density at radius 2 is 1.60 bits per heavy atom. The number of rotatable bonds is 15. The number of aliphatic hydroxyl groups is 1. The third-order valence-electron chi connectivity index (χ3n) is 9.01. The van der Waals surface area contributed by atoms with Crippen LogP contribution in [0.5, 0.6) is 0 Å². The lowest BCUT2D eigenvalue weighted by molar-refractivity contribution is -0.147. The Labute approximate surface area is 273 Å². The molecule has 0 bridgehead atoms. The number of hydrogen-bond donors (Lipinski definition) is 5. The van der Waals surface area contributed by atoms with Gasteiger partial charge in [-0.25, -0.2) is 13.6 Å². The van der Waals surface area contributed by atoms with Gasteiger partial charge in [0.25, 0.3) is 11.8 Å². The number of likely N-dealkylation sites (tertiary alicyclic amines) is 1. The zero-order chi connectivity index (χ0) is 35.2. The van der Waals surface area contributed by atoms with Gasteiger partial charge in [-0.1, -0.05) is 71.4 Å². The van der Waals surface area contributed by atoms with Gasteiger partial charge in [-0.3, -0.25) is 24.0 Å². The molecule has 1 heterocycles. The fourth-order valence-electron chi connectivity index (χ4n) is 6.31. The van der Waals surface area contributed by atoms with E-state index < -0.39 is 108 Å². The van der Waals surface area contributed by atoms with E-state index in [4.69, 9.17) is 0 Å². The Bertz CT molecular complexity index is 1320. The van der Waals surface area contributed by atoms with Crippen molar-refractivity contribution in [3.05, 3.63) is 35.9 Å². The van der Waals surface area contributed by atoms with Gasteiger partial charge < -0.3 is 31.1 Å². The number of Topliss-reactive ketones (excluding diaryl/α,β-unsaturated/α-hetero) is 1. The minimum absolute atomic E-state index is 0.0168. The first-order chi connectivity index (χ1) is 22.0. The zero-order valence-electron chi connectivity index (χ0n) is 27.4. The largest absolute Gasteiger partial charge is 0.480 e. The van der Waals surface area contributed by atoms with E-state index >= 15 is 0 Å². The van der Waals surface area contributed by atoms with Crippen LogP contribution in [0, 0.1) is 23.7 Å². The second-order valence-corrected chi connectivity index (χ2v) is 13.2. The van der Waals surface area contributed by atoms with Crippen LogP contribution in [0.3, 0.4) is 0 Å². The molecule has 260 valence electrons. The smallest absolute Gasteiger partial charge is 0.326 e. The average molecular weight is 665 g/mol. The van der Waals surface area contributed by atoms with Gasteiger partial charge in [0.1, 0.15) is 24.2 Å². The number of nitrogens with one attached hydrogen (secondary N) is 3. The van der Waals surface area contributed by atoms with Crippen LogP contribution in [0.1, 0.15) is 65.9 Å². The Morgan fingerprint density at radius 1 is 0.957 bits per heavy atom. The Hall–Kier alpha value is -3.94. The van der Waals surface area contributed by atoms with Crippen molar-refractivity contribution in [3.8, 4) is 0 Å². The number of fused-ring (bicyclic) bond motifs is 1. The highest BCUT2D eigenvalue weighted by molar-refractivity contribution is 6.38. The number of carboxylic acid groups (broad SMARTS) is 1. The number of carbonyl (C=O) groups excluding carboxylic acids is 5. The topological polar surface area (TPSA) is 182 Å². The average Bonchev–Trinajstić information content (AvgIpc) is 3.55. The molecule has 1 aliphatic carbocycles. The summed E-state index contributed by atoms with van der Waals surface area (Å²) in [4.78, 5) is 79.5. The highest BCUT2D eigenvalue weighted by atomic mass is 19.3. The normalized spacial score (nSPS) is 22.6. The first kappa shape index (κ1) is 37.5. The van der Waals surface area contributed by atoms with Crippen LogP contribution in [0.25, 0.3) is 0 Å². The summed E-state index contributed by atoms with van der Waals surface area (Å²) in [6, 6.07) is 2.95. The van der Waals surface area contributed by atoms with Gasteiger partial charge in [0, 0.05) is 25.3 Å². The van der Waals surface area contributed by atoms with E-state index in [1.165, 1.54) is 0 Å². The maximum absolute atomic E-state index is 15.0. The van der Waals surface area contributed by atoms with Crippen LogP contribution < -0.4 is 16.0 Å². The molecule has 0 spiro atoms. The van der Waals surface area contributed by atoms with E-state index in [1.807, 2.05) is 0 Å². The van der Waals surface area contributed by atoms with Crippen LogP contribution in [0.15, 0.2) is 30.3 Å². The van der Waals surface area contributed by atoms with Crippen molar-refractivity contribution in [1.29, 1.82) is 0 Å². The molecule has 7 atom stereocenters. The molecule has 1 saturated carbocycles. The highest BCUT2D eigenvalue weighted by Gasteiger charge is 2.61. The molecule has 3 rings (SSSR count). The van der Waals surface area contributed by atoms with E-state index in [9.17, 15) is 47.8 Å². The third kappa shape index (κ3) is 8.91. The molecule has 5 N–H and O–H groups in total. The molecule has 1 saturated heterocycles. The zero-order valence-corrected chi connectivity index (χ0v) is 27.4. The number of benzene rings is 1. The second kappa shape index (κ2) is 15.8. The van der Waals surface area contributed by atoms with Gasteiger partial charge in [-0.05, 0) is 36.2 Å². The van der Waals surface area contributed by atoms with Crippen molar-refractivity contribution in [1.82, 2.24) is 20.9 Å². The van der Waals surface area contributed by atoms with Crippen molar-refractivity contribution in [2.24, 2.45) is 23.7 Å². The van der Waals surface area contributed by atoms with E-state index in [1.54, 1.807) is 65.0 Å². The molecule has 1 aliphatic heterocycles. The molecule has 0 aromatic heterocycles. The summed E-state index contributed by atoms with van der Waals surface area (Å²) in [5, 5.41) is 27.1. The molecule has 4 amide bonds. The van der Waals surface area contributed by atoms with Crippen molar-refractivity contribution >= 4 is 35.4 Å². The van der Waals surface area contributed by atoms with Gasteiger partial charge in [0.15, 0.2) is 0 Å². The van der Waals surface area contributed by atoms with Gasteiger partial charge in [0.05, 0.1) is 6.04 Å². The summed E-state index contributed by atoms with van der Waals surface area (Å²) in [6.45, 7) is 7.71. The predicted octanol–water partition coefficient (Wildman–Crippen LogP) is 1.68. The van der Waals surface area contributed by atoms with Crippen molar-refractivity contribution in [2.75, 3.05) is 6.54 Å². The van der Waals surface area contributed by atoms with Gasteiger partial charge in [0.2, 0.25) is 23.5 Å². The lowest BCUT2D eigenvalue weighted by Gasteiger charge is -2.33. The predicted molar refractivity (Wildman–Crippen MR) is 166 cm³/mol. The number of amides is 4. The van der Waals surface area contributed by atoms with Crippen LogP contribution >= 0.6 is 0 Å². The number of halogens is 2. The number of carboxylic acids is 1. The Morgan fingerprint density at radius 3 is 2.15 bits per heavy atom. The quantitative estimate of drug-likeness (QED) is 0.176. The summed E-state index contributed by atoms with van der Waals surface area (Å²) in [7, 11) is 0. The van der Waals surface area contributed by atoms with Crippen molar-refractivity contribution < 1.29 is 47.8 Å². The molecule has 14 heteroatoms. The van der Waals surface area contributed by atoms with Gasteiger partial charge in [-0.15, -0.1) is 0 Å². The highest BCUT2D eigenvalue weighted by Crippen LogP contribution is 2.51. The number of aliphatic carboxylic acids is 1. The molecule has 2 aliphatic rings. The van der Waals surface area contributed by atoms with Gasteiger partial charge >= 0.3 is 5.97 Å². The van der Waals surface area contributed by atoms with Crippen LogP contribution in [-0.4, -0.2) is 93.2 Å². The minimum Gasteiger partial charge on any atom is -0.480 e. The number of aliphatic hydroxyl groups excluding tert-OH is 1. The Balaban J connectivity index is 1.84. The lowest BCUT2D eigenvalue weighted by Crippen LogP contribution is -2.59. The molecule has 1 aromatic rings. The SMILES string of the molecule is CCCC(NC(=O)[C@@H]1[C@H]2CCC(F)(F)[C@H]2CN1C(=O)[C@@H](NC(=O)[C@@H](O)C(C)C)C(C)C)C(=O)C(=O)N[C@@H](Cc1ccccc1)C(=O)O. The standard InChI is InChI=1S/C33H46F2N4O8/c1-6-10-22(27(41)30(44)37-23(32(46)47)15-19-11-8-7-9-12-19)36-28(42)25-20-13-14-33(34,35)21(20)16-39(25)31(45)24(17(2)3)38-29(43)26(40)18(4)5/h7-9,11-12,17-18,20-26,40H,6,10,13-16H2,1-5H3,(H,36,42)(H,37,44)(H,38,43)(H,46,47)/t20-,21-,22?,23-,24-,25-,26-/m0/s1. The molecule has 47 heavy (non-hydrogen) atoms. The summed E-state index contributed by atoms with van der Waals surface area (Å²) in [5.41, 5.74) is 0.606. The number of nitrogens with zero attached hydrogens (tertiary/aromatic N) is 1. The summed E-state index contributed by atoms with van der Waals surface area (Å²) >= 11 is 0. The summed E-state index contributed by atoms with van der Waals surface area (Å²) in [6.07, 6.45) is -1.78. The number of hydrogen-bond acceptors (Lipinski definition) is 7. The van der Waals surface area contributed by atoms with Crippen molar-refractivity contribution in [3.63, 3.8) is 0 Å². The first-order valence-electron chi connectivity index (χ1n) is 16.1. The van der Waals surface area contributed by atoms with Crippen LogP contribution in [0.2, 0.25) is 0 Å². The molecule has 2 fully saturated rings. The fourth-order valence-corrected chi connectivity index (χ4v) is 6.31. The third-order valence-corrected chi connectivity index (χ3v) is 9.01. The van der Waals surface area contributed by atoms with E-state index in [2.05, 4.69) is 16.0 Å². The fraction of sp³-hybridized carbons (Fsp3) is 0.636. The first-order valence-corrected chi connectivity index (χ1v) is 16.1. The van der Waals surface area contributed by atoms with E-state index in [0.717, 1.165) is 4.90 Å². The lowest BCUT2D eigenvalue weighted by atomic mass is 9.91. The number of alkyl halides is 2. The Kier molecular flexibility index (Phi) is 12.6. The van der Waals surface area contributed by atoms with Crippen molar-refractivity contribution in [2.45, 2.75) is 103 Å². The molecule has 1 aromatic carbocycles. The molecule has 12 nitrogen and oxygen atoms in total. The van der Waals surface area contributed by atoms with E-state index in [-0.39, 0.29) is 19.3 Å². The summed E-state index contributed by atoms with van der Waals surface area (Å²) < 4.78 is 29.9.